The summed E-state index contributed by atoms with van der Waals surface area (Å²) in [6, 6.07) is 1.17. The summed E-state index contributed by atoms with van der Waals surface area (Å²) in [5, 5.41) is -0.177. The fraction of sp³-hybridized carbons (Fsp3) is 0.600. The molecule has 0 radical (unpaired) electrons. The van der Waals surface area contributed by atoms with E-state index in [-0.39, 0.29) is 11.4 Å². The van der Waals surface area contributed by atoms with Crippen molar-refractivity contribution in [3.63, 3.8) is 0 Å². The van der Waals surface area contributed by atoms with Gasteiger partial charge >= 0.3 is 13.3 Å². The number of ether oxygens (including phenoxy) is 3. The Balaban J connectivity index is 2.47. The highest BCUT2D eigenvalue weighted by molar-refractivity contribution is 7.56. The van der Waals surface area contributed by atoms with Gasteiger partial charge in [0.25, 0.3) is 5.56 Å². The Kier molecular flexibility index (Phi) is 6.38. The summed E-state index contributed by atoms with van der Waals surface area (Å²) in [5.41, 5.74) is -1.24. The van der Waals surface area contributed by atoms with Crippen LogP contribution in [0, 0.1) is 0 Å². The minimum absolute atomic E-state index is 0.177. The molecule has 2 rings (SSSR count). The van der Waals surface area contributed by atoms with E-state index in [0.717, 1.165) is 4.57 Å². The maximum absolute atomic E-state index is 12.1. The van der Waals surface area contributed by atoms with Crippen LogP contribution in [0.2, 0.25) is 0 Å². The second kappa shape index (κ2) is 7.99. The second-order valence-electron chi connectivity index (χ2n) is 6.21. The van der Waals surface area contributed by atoms with Gasteiger partial charge in [0.15, 0.2) is 6.23 Å². The lowest BCUT2D eigenvalue weighted by atomic mass is 10.1. The zero-order valence-electron chi connectivity index (χ0n) is 14.9. The number of rotatable bonds is 6. The quantitative estimate of drug-likeness (QED) is 0.590. The molecule has 2 heterocycles. The minimum atomic E-state index is -4.44. The van der Waals surface area contributed by atoms with Crippen LogP contribution in [0.3, 0.4) is 0 Å². The third kappa shape index (κ3) is 4.59. The monoisotopic (exact) mass is 390 g/mol. The van der Waals surface area contributed by atoms with Crippen LogP contribution < -0.4 is 11.2 Å². The SMILES string of the molecule is COC1C(OC(C)C)[C@@H](/C=C(\C)P(=O)(O)O)O[C@H]1n1ccc(=O)[nH]c1=O. The lowest BCUT2D eigenvalue weighted by Crippen LogP contribution is -2.40. The fourth-order valence-electron chi connectivity index (χ4n) is 2.71. The summed E-state index contributed by atoms with van der Waals surface area (Å²) in [6.45, 7) is 4.88. The molecule has 10 nitrogen and oxygen atoms in total. The van der Waals surface area contributed by atoms with Gasteiger partial charge in [0.2, 0.25) is 0 Å². The van der Waals surface area contributed by atoms with Crippen molar-refractivity contribution in [3.8, 4) is 0 Å². The first-order chi connectivity index (χ1) is 12.0. The van der Waals surface area contributed by atoms with E-state index in [1.807, 2.05) is 0 Å². The zero-order chi connectivity index (χ0) is 19.6. The molecule has 0 amide bonds. The van der Waals surface area contributed by atoms with Gasteiger partial charge in [-0.05, 0) is 26.8 Å². The Morgan fingerprint density at radius 3 is 2.54 bits per heavy atom. The number of allylic oxidation sites excluding steroid dienone is 1. The van der Waals surface area contributed by atoms with Crippen molar-refractivity contribution < 1.29 is 28.6 Å². The number of methoxy groups -OCH3 is 1. The van der Waals surface area contributed by atoms with E-state index in [1.54, 1.807) is 13.8 Å². The Labute approximate surface area is 149 Å². The molecule has 146 valence electrons. The Morgan fingerprint density at radius 2 is 2.04 bits per heavy atom. The van der Waals surface area contributed by atoms with Crippen LogP contribution >= 0.6 is 7.60 Å². The first kappa shape index (κ1) is 20.8. The van der Waals surface area contributed by atoms with Crippen LogP contribution in [-0.4, -0.2) is 50.9 Å². The topological polar surface area (TPSA) is 140 Å². The highest BCUT2D eigenvalue weighted by atomic mass is 31.2. The normalized spacial score (nSPS) is 27.3. The first-order valence-electron chi connectivity index (χ1n) is 7.94. The number of aromatic amines is 1. The summed E-state index contributed by atoms with van der Waals surface area (Å²) >= 11 is 0. The van der Waals surface area contributed by atoms with Gasteiger partial charge in [-0.2, -0.15) is 0 Å². The number of aromatic nitrogens is 2. The zero-order valence-corrected chi connectivity index (χ0v) is 15.8. The van der Waals surface area contributed by atoms with Gasteiger partial charge in [0.05, 0.1) is 6.10 Å². The smallest absolute Gasteiger partial charge is 0.351 e. The number of nitrogens with one attached hydrogen (secondary N) is 1. The highest BCUT2D eigenvalue weighted by Crippen LogP contribution is 2.46. The van der Waals surface area contributed by atoms with Crippen LogP contribution in [0.4, 0.5) is 0 Å². The van der Waals surface area contributed by atoms with Crippen molar-refractivity contribution >= 4 is 7.60 Å². The average molecular weight is 390 g/mol. The van der Waals surface area contributed by atoms with Crippen molar-refractivity contribution in [2.24, 2.45) is 0 Å². The summed E-state index contributed by atoms with van der Waals surface area (Å²) in [4.78, 5) is 44.1. The molecule has 3 N–H and O–H groups in total. The van der Waals surface area contributed by atoms with Gasteiger partial charge in [-0.25, -0.2) is 4.79 Å². The summed E-state index contributed by atoms with van der Waals surface area (Å²) in [5.74, 6) is 0. The molecule has 1 aromatic rings. The van der Waals surface area contributed by atoms with Crippen molar-refractivity contribution in [2.75, 3.05) is 7.11 Å². The molecule has 2 unspecified atom stereocenters. The van der Waals surface area contributed by atoms with Crippen LogP contribution in [0.25, 0.3) is 0 Å². The van der Waals surface area contributed by atoms with Gasteiger partial charge in [-0.15, -0.1) is 0 Å². The van der Waals surface area contributed by atoms with Crippen LogP contribution in [0.5, 0.6) is 0 Å². The Hall–Kier alpha value is -1.55. The van der Waals surface area contributed by atoms with Crippen molar-refractivity contribution in [1.82, 2.24) is 9.55 Å². The summed E-state index contributed by atoms with van der Waals surface area (Å²) < 4.78 is 29.7. The molecular formula is C15H23N2O8P. The third-order valence-corrected chi connectivity index (χ3v) is 4.98. The largest absolute Gasteiger partial charge is 0.374 e. The molecule has 11 heteroatoms. The molecule has 26 heavy (non-hydrogen) atoms. The molecule has 1 aliphatic heterocycles. The lowest BCUT2D eigenvalue weighted by molar-refractivity contribution is -0.0768. The van der Waals surface area contributed by atoms with E-state index in [2.05, 4.69) is 4.98 Å². The summed E-state index contributed by atoms with van der Waals surface area (Å²) in [6.07, 6.45) is -0.948. The molecule has 0 saturated carbocycles. The minimum Gasteiger partial charge on any atom is -0.374 e. The molecular weight excluding hydrogens is 367 g/mol. The first-order valence-corrected chi connectivity index (χ1v) is 9.55. The lowest BCUT2D eigenvalue weighted by Gasteiger charge is -2.25. The predicted octanol–water partition coefficient (Wildman–Crippen LogP) is 0.324. The van der Waals surface area contributed by atoms with E-state index in [4.69, 9.17) is 14.2 Å². The third-order valence-electron chi connectivity index (χ3n) is 3.92. The van der Waals surface area contributed by atoms with Crippen molar-refractivity contribution in [3.05, 3.63) is 44.5 Å². The van der Waals surface area contributed by atoms with E-state index < -0.39 is 43.4 Å². The maximum atomic E-state index is 12.1. The maximum Gasteiger partial charge on any atom is 0.351 e. The molecule has 0 aliphatic carbocycles. The molecule has 4 atom stereocenters. The van der Waals surface area contributed by atoms with E-state index in [9.17, 15) is 23.9 Å². The van der Waals surface area contributed by atoms with Crippen LogP contribution in [0.1, 0.15) is 27.0 Å². The molecule has 0 aromatic carbocycles. The summed E-state index contributed by atoms with van der Waals surface area (Å²) in [7, 11) is -3.02. The molecule has 1 saturated heterocycles. The fourth-order valence-corrected chi connectivity index (χ4v) is 3.05. The van der Waals surface area contributed by atoms with Crippen molar-refractivity contribution in [1.29, 1.82) is 0 Å². The second-order valence-corrected chi connectivity index (χ2v) is 8.00. The van der Waals surface area contributed by atoms with E-state index >= 15 is 0 Å². The van der Waals surface area contributed by atoms with Gasteiger partial charge in [-0.1, -0.05) is 0 Å². The van der Waals surface area contributed by atoms with E-state index in [0.29, 0.717) is 0 Å². The Bertz CT molecular complexity index is 823. The van der Waals surface area contributed by atoms with Crippen LogP contribution in [0.15, 0.2) is 33.2 Å². The molecule has 1 fully saturated rings. The van der Waals surface area contributed by atoms with Gasteiger partial charge in [0.1, 0.15) is 18.3 Å². The number of hydrogen-bond donors (Lipinski definition) is 3. The van der Waals surface area contributed by atoms with Gasteiger partial charge in [-0.3, -0.25) is 18.9 Å². The molecule has 1 aromatic heterocycles. The number of nitrogens with zero attached hydrogens (tertiary/aromatic N) is 1. The molecule has 1 aliphatic rings. The van der Waals surface area contributed by atoms with Crippen molar-refractivity contribution in [2.45, 2.75) is 51.4 Å². The average Bonchev–Trinajstić information content (AvgIpc) is 2.83. The highest BCUT2D eigenvalue weighted by Gasteiger charge is 2.47. The van der Waals surface area contributed by atoms with Gasteiger partial charge < -0.3 is 24.0 Å². The number of H-pyrrole nitrogens is 1. The van der Waals surface area contributed by atoms with E-state index in [1.165, 1.54) is 32.4 Å². The Morgan fingerprint density at radius 1 is 1.38 bits per heavy atom. The molecule has 0 spiro atoms. The van der Waals surface area contributed by atoms with Crippen LogP contribution in [-0.2, 0) is 18.8 Å². The standard InChI is InChI=1S/C15H23N2O8P/c1-8(2)24-12-10(7-9(3)26(20,21)22)25-14(13(12)23-4)17-6-5-11(18)16-15(17)19/h5-8,10,12-14H,1-4H3,(H,16,18,19)(H2,20,21,22)/b9-7+/t10-,12?,13?,14-/m1/s1. The molecule has 0 bridgehead atoms. The predicted molar refractivity (Wildman–Crippen MR) is 91.8 cm³/mol. The number of hydrogen-bond acceptors (Lipinski definition) is 6. The van der Waals surface area contributed by atoms with Gasteiger partial charge in [0, 0.05) is 24.7 Å².